The van der Waals surface area contributed by atoms with E-state index in [1.54, 1.807) is 30.3 Å². The second-order valence-electron chi connectivity index (χ2n) is 8.16. The van der Waals surface area contributed by atoms with Gasteiger partial charge >= 0.3 is 0 Å². The molecule has 2 aromatic carbocycles. The molecule has 6 heteroatoms. The molecular formula is C22H24ClNO3S. The van der Waals surface area contributed by atoms with Gasteiger partial charge in [0.1, 0.15) is 0 Å². The zero-order valence-corrected chi connectivity index (χ0v) is 18.0. The fourth-order valence-electron chi connectivity index (χ4n) is 3.16. The van der Waals surface area contributed by atoms with Crippen molar-refractivity contribution in [3.63, 3.8) is 0 Å². The number of carbonyl (C=O) groups is 1. The van der Waals surface area contributed by atoms with Crippen LogP contribution >= 0.6 is 11.6 Å². The minimum Gasteiger partial charge on any atom is -0.300 e. The molecule has 28 heavy (non-hydrogen) atoms. The molecule has 1 heterocycles. The van der Waals surface area contributed by atoms with Gasteiger partial charge in [-0.3, -0.25) is 4.79 Å². The Hall–Kier alpha value is -2.11. The molecule has 0 spiro atoms. The molecule has 0 fully saturated rings. The predicted octanol–water partition coefficient (Wildman–Crippen LogP) is 4.90. The van der Waals surface area contributed by atoms with Gasteiger partial charge in [0.15, 0.2) is 9.84 Å². The van der Waals surface area contributed by atoms with Crippen LogP contribution in [0.2, 0.25) is 5.02 Å². The van der Waals surface area contributed by atoms with Crippen molar-refractivity contribution in [2.24, 2.45) is 0 Å². The topological polar surface area (TPSA) is 54.5 Å². The van der Waals surface area contributed by atoms with E-state index in [-0.39, 0.29) is 17.1 Å². The van der Waals surface area contributed by atoms with Crippen molar-refractivity contribution >= 4 is 33.0 Å². The normalized spacial score (nSPS) is 18.2. The number of rotatable bonds is 3. The van der Waals surface area contributed by atoms with Crippen LogP contribution < -0.4 is 4.90 Å². The molecule has 1 amide bonds. The number of aryl methyl sites for hydroxylation is 1. The molecule has 0 saturated carbocycles. The van der Waals surface area contributed by atoms with Gasteiger partial charge in [-0.1, -0.05) is 50.6 Å². The predicted molar refractivity (Wildman–Crippen MR) is 115 cm³/mol. The van der Waals surface area contributed by atoms with Gasteiger partial charge in [-0.05, 0) is 53.8 Å². The number of carbonyl (C=O) groups excluding carboxylic acids is 1. The summed E-state index contributed by atoms with van der Waals surface area (Å²) in [5.74, 6) is -0.392. The van der Waals surface area contributed by atoms with Gasteiger partial charge in [0.25, 0.3) is 5.91 Å². The minimum atomic E-state index is -3.32. The molecule has 0 radical (unpaired) electrons. The monoisotopic (exact) mass is 417 g/mol. The smallest absolute Gasteiger partial charge is 0.258 e. The Balaban J connectivity index is 2.02. The Morgan fingerprint density at radius 2 is 1.75 bits per heavy atom. The third kappa shape index (κ3) is 4.31. The summed E-state index contributed by atoms with van der Waals surface area (Å²) in [5.41, 5.74) is 3.07. The highest BCUT2D eigenvalue weighted by molar-refractivity contribution is 7.94. The van der Waals surface area contributed by atoms with E-state index in [1.165, 1.54) is 10.3 Å². The van der Waals surface area contributed by atoms with E-state index in [0.29, 0.717) is 16.3 Å². The largest absolute Gasteiger partial charge is 0.300 e. The summed E-state index contributed by atoms with van der Waals surface area (Å²) in [5, 5.41) is 1.71. The molecule has 0 aromatic heterocycles. The molecule has 0 aliphatic carbocycles. The Bertz CT molecular complexity index is 1030. The summed E-state index contributed by atoms with van der Waals surface area (Å²) >= 11 is 6.27. The van der Waals surface area contributed by atoms with Crippen LogP contribution in [-0.4, -0.2) is 26.1 Å². The first-order chi connectivity index (χ1) is 13.0. The number of halogens is 1. The lowest BCUT2D eigenvalue weighted by atomic mass is 9.86. The molecule has 0 N–H and O–H groups in total. The summed E-state index contributed by atoms with van der Waals surface area (Å²) in [4.78, 5) is 14.9. The number of amides is 1. The van der Waals surface area contributed by atoms with Crippen LogP contribution in [0.25, 0.3) is 0 Å². The van der Waals surface area contributed by atoms with Crippen LogP contribution in [0, 0.1) is 6.92 Å². The van der Waals surface area contributed by atoms with Gasteiger partial charge in [0, 0.05) is 21.7 Å². The van der Waals surface area contributed by atoms with Crippen LogP contribution in [0.1, 0.15) is 42.3 Å². The Morgan fingerprint density at radius 3 is 2.25 bits per heavy atom. The minimum absolute atomic E-state index is 0.0198. The highest BCUT2D eigenvalue weighted by Gasteiger charge is 2.32. The van der Waals surface area contributed by atoms with Crippen molar-refractivity contribution in [1.82, 2.24) is 0 Å². The first-order valence-corrected chi connectivity index (χ1v) is 11.2. The summed E-state index contributed by atoms with van der Waals surface area (Å²) in [7, 11) is -3.32. The van der Waals surface area contributed by atoms with E-state index in [2.05, 4.69) is 20.8 Å². The average Bonchev–Trinajstić information content (AvgIpc) is 2.97. The number of anilines is 1. The van der Waals surface area contributed by atoms with Crippen LogP contribution in [0.5, 0.6) is 0 Å². The molecule has 4 nitrogen and oxygen atoms in total. The first-order valence-electron chi connectivity index (χ1n) is 9.09. The second kappa shape index (κ2) is 7.37. The van der Waals surface area contributed by atoms with Gasteiger partial charge in [-0.25, -0.2) is 8.42 Å². The van der Waals surface area contributed by atoms with Crippen LogP contribution in [0.4, 0.5) is 5.69 Å². The first kappa shape index (κ1) is 20.6. The Morgan fingerprint density at radius 1 is 1.11 bits per heavy atom. The van der Waals surface area contributed by atoms with Gasteiger partial charge in [-0.2, -0.15) is 0 Å². The molecule has 2 aromatic rings. The standard InChI is InChI=1S/C22H24ClNO3S/c1-15-5-10-18(13-20(15)23)24(19-11-12-28(26,27)14-19)21(25)16-6-8-17(9-7-16)22(2,3)4/h5-13,19H,14H2,1-4H3/t19-/m1/s1. The maximum atomic E-state index is 13.4. The van der Waals surface area contributed by atoms with E-state index in [9.17, 15) is 13.2 Å². The van der Waals surface area contributed by atoms with Crippen molar-refractivity contribution in [2.75, 3.05) is 10.7 Å². The number of benzene rings is 2. The molecule has 3 rings (SSSR count). The molecule has 1 atom stereocenters. The maximum absolute atomic E-state index is 13.4. The molecular weight excluding hydrogens is 394 g/mol. The highest BCUT2D eigenvalue weighted by Crippen LogP contribution is 2.29. The average molecular weight is 418 g/mol. The van der Waals surface area contributed by atoms with Crippen molar-refractivity contribution in [1.29, 1.82) is 0 Å². The van der Waals surface area contributed by atoms with Crippen LogP contribution in [0.15, 0.2) is 53.9 Å². The van der Waals surface area contributed by atoms with Crippen molar-refractivity contribution < 1.29 is 13.2 Å². The van der Waals surface area contributed by atoms with E-state index in [4.69, 9.17) is 11.6 Å². The number of sulfone groups is 1. The van der Waals surface area contributed by atoms with E-state index in [0.717, 1.165) is 11.1 Å². The van der Waals surface area contributed by atoms with Gasteiger partial charge in [0.2, 0.25) is 0 Å². The maximum Gasteiger partial charge on any atom is 0.258 e. The Kier molecular flexibility index (Phi) is 5.43. The number of hydrogen-bond donors (Lipinski definition) is 0. The third-order valence-corrected chi connectivity index (χ3v) is 6.68. The van der Waals surface area contributed by atoms with Crippen LogP contribution in [-0.2, 0) is 15.3 Å². The van der Waals surface area contributed by atoms with E-state index >= 15 is 0 Å². The quantitative estimate of drug-likeness (QED) is 0.713. The van der Waals surface area contributed by atoms with Crippen molar-refractivity contribution in [2.45, 2.75) is 39.2 Å². The highest BCUT2D eigenvalue weighted by atomic mass is 35.5. The van der Waals surface area contributed by atoms with E-state index < -0.39 is 15.9 Å². The molecule has 0 bridgehead atoms. The molecule has 148 valence electrons. The fraction of sp³-hybridized carbons (Fsp3) is 0.318. The lowest BCUT2D eigenvalue weighted by Crippen LogP contribution is -2.41. The number of hydrogen-bond acceptors (Lipinski definition) is 3. The SMILES string of the molecule is Cc1ccc(N(C(=O)c2ccc(C(C)(C)C)cc2)[C@@H]2C=CS(=O)(=O)C2)cc1Cl. The zero-order valence-electron chi connectivity index (χ0n) is 16.4. The second-order valence-corrected chi connectivity index (χ2v) is 10.5. The molecule has 0 unspecified atom stereocenters. The van der Waals surface area contributed by atoms with Crippen molar-refractivity contribution in [3.05, 3.63) is 75.7 Å². The third-order valence-electron chi connectivity index (χ3n) is 4.89. The summed E-state index contributed by atoms with van der Waals surface area (Å²) in [6, 6.07) is 12.2. The number of nitrogens with zero attached hydrogens (tertiary/aromatic N) is 1. The lowest BCUT2D eigenvalue weighted by Gasteiger charge is -2.28. The van der Waals surface area contributed by atoms with Gasteiger partial charge in [-0.15, -0.1) is 0 Å². The molecule has 0 saturated heterocycles. The van der Waals surface area contributed by atoms with Crippen molar-refractivity contribution in [3.8, 4) is 0 Å². The Labute approximate surface area is 171 Å². The summed E-state index contributed by atoms with van der Waals surface area (Å²) < 4.78 is 23.9. The zero-order chi connectivity index (χ0) is 20.7. The molecule has 1 aliphatic heterocycles. The lowest BCUT2D eigenvalue weighted by molar-refractivity contribution is 0.0983. The van der Waals surface area contributed by atoms with Gasteiger partial charge in [0.05, 0.1) is 11.8 Å². The van der Waals surface area contributed by atoms with Gasteiger partial charge < -0.3 is 4.90 Å². The van der Waals surface area contributed by atoms with E-state index in [1.807, 2.05) is 25.1 Å². The molecule has 1 aliphatic rings. The summed E-state index contributed by atoms with van der Waals surface area (Å²) in [6.07, 6.45) is 1.56. The summed E-state index contributed by atoms with van der Waals surface area (Å²) in [6.45, 7) is 8.21. The fourth-order valence-corrected chi connectivity index (χ4v) is 4.61. The van der Waals surface area contributed by atoms with Crippen LogP contribution in [0.3, 0.4) is 0 Å².